The second-order valence-electron chi connectivity index (χ2n) is 6.90. The van der Waals surface area contributed by atoms with Gasteiger partial charge in [0.25, 0.3) is 0 Å². The Kier molecular flexibility index (Phi) is 7.24. The number of urea groups is 1. The summed E-state index contributed by atoms with van der Waals surface area (Å²) in [5.41, 5.74) is 0.895. The smallest absolute Gasteiger partial charge is 0.407 e. The van der Waals surface area contributed by atoms with Crippen LogP contribution >= 0.6 is 0 Å². The molecule has 0 heterocycles. The molecule has 0 aliphatic carbocycles. The van der Waals surface area contributed by atoms with E-state index in [1.165, 1.54) is 4.90 Å². The van der Waals surface area contributed by atoms with Crippen molar-refractivity contribution < 1.29 is 14.3 Å². The molecule has 1 aromatic rings. The Morgan fingerprint density at radius 1 is 1.36 bits per heavy atom. The van der Waals surface area contributed by atoms with Gasteiger partial charge in [-0.25, -0.2) is 9.59 Å². The Hall–Kier alpha value is -2.75. The molecular formula is C18H26N4O3. The van der Waals surface area contributed by atoms with Crippen LogP contribution in [-0.2, 0) is 11.3 Å². The van der Waals surface area contributed by atoms with E-state index in [4.69, 9.17) is 10.00 Å². The van der Waals surface area contributed by atoms with Crippen LogP contribution in [0.4, 0.5) is 15.3 Å². The summed E-state index contributed by atoms with van der Waals surface area (Å²) in [6, 6.07) is 8.97. The third kappa shape index (κ3) is 8.06. The van der Waals surface area contributed by atoms with Crippen molar-refractivity contribution in [3.05, 3.63) is 29.8 Å². The molecule has 0 aliphatic rings. The SMILES string of the molecule is C[C@@H](C#N)CN(C)C(=O)Nc1cccc(CNC(=O)OC(C)(C)C)c1. The van der Waals surface area contributed by atoms with E-state index in [1.54, 1.807) is 52.9 Å². The first-order valence-corrected chi connectivity index (χ1v) is 8.08. The Morgan fingerprint density at radius 2 is 2.04 bits per heavy atom. The number of rotatable bonds is 5. The molecule has 136 valence electrons. The van der Waals surface area contributed by atoms with Gasteiger partial charge in [0.2, 0.25) is 0 Å². The van der Waals surface area contributed by atoms with Crippen LogP contribution in [0.5, 0.6) is 0 Å². The van der Waals surface area contributed by atoms with Crippen molar-refractivity contribution in [2.24, 2.45) is 5.92 Å². The minimum atomic E-state index is -0.551. The van der Waals surface area contributed by atoms with E-state index in [2.05, 4.69) is 16.7 Å². The summed E-state index contributed by atoms with van der Waals surface area (Å²) in [6.45, 7) is 7.79. The largest absolute Gasteiger partial charge is 0.444 e. The van der Waals surface area contributed by atoms with Crippen LogP contribution in [0.15, 0.2) is 24.3 Å². The predicted molar refractivity (Wildman–Crippen MR) is 95.9 cm³/mol. The lowest BCUT2D eigenvalue weighted by Crippen LogP contribution is -2.34. The number of hydrogen-bond acceptors (Lipinski definition) is 4. The highest BCUT2D eigenvalue weighted by atomic mass is 16.6. The molecule has 0 radical (unpaired) electrons. The predicted octanol–water partition coefficient (Wildman–Crippen LogP) is 3.33. The maximum atomic E-state index is 12.1. The lowest BCUT2D eigenvalue weighted by Gasteiger charge is -2.20. The monoisotopic (exact) mass is 346 g/mol. The van der Waals surface area contributed by atoms with Gasteiger partial charge in [-0.2, -0.15) is 5.26 Å². The molecular weight excluding hydrogens is 320 g/mol. The van der Waals surface area contributed by atoms with Crippen molar-refractivity contribution in [1.82, 2.24) is 10.2 Å². The van der Waals surface area contributed by atoms with Crippen LogP contribution in [0.25, 0.3) is 0 Å². The van der Waals surface area contributed by atoms with Crippen LogP contribution in [0, 0.1) is 17.2 Å². The normalized spacial score (nSPS) is 11.8. The first-order valence-electron chi connectivity index (χ1n) is 8.08. The lowest BCUT2D eigenvalue weighted by atomic mass is 10.2. The van der Waals surface area contributed by atoms with Crippen molar-refractivity contribution in [3.63, 3.8) is 0 Å². The van der Waals surface area contributed by atoms with Gasteiger partial charge >= 0.3 is 12.1 Å². The number of nitriles is 1. The third-order valence-corrected chi connectivity index (χ3v) is 3.13. The van der Waals surface area contributed by atoms with Crippen molar-refractivity contribution in [1.29, 1.82) is 5.26 Å². The van der Waals surface area contributed by atoms with Crippen molar-refractivity contribution in [3.8, 4) is 6.07 Å². The molecule has 1 aromatic carbocycles. The van der Waals surface area contributed by atoms with Crippen molar-refractivity contribution in [2.45, 2.75) is 39.8 Å². The van der Waals surface area contributed by atoms with Crippen molar-refractivity contribution >= 4 is 17.8 Å². The fourth-order valence-electron chi connectivity index (χ4n) is 2.00. The molecule has 25 heavy (non-hydrogen) atoms. The first kappa shape index (κ1) is 20.3. The standard InChI is InChI=1S/C18H26N4O3/c1-13(10-19)12-22(5)16(23)21-15-8-6-7-14(9-15)11-20-17(24)25-18(2,3)4/h6-9,13H,11-12H2,1-5H3,(H,20,24)(H,21,23)/t13-/m0/s1. The number of nitrogens with zero attached hydrogens (tertiary/aromatic N) is 2. The Morgan fingerprint density at radius 3 is 2.64 bits per heavy atom. The van der Waals surface area contributed by atoms with E-state index < -0.39 is 11.7 Å². The van der Waals surface area contributed by atoms with Crippen LogP contribution in [0.1, 0.15) is 33.3 Å². The number of amides is 3. The number of ether oxygens (including phenoxy) is 1. The quantitative estimate of drug-likeness (QED) is 0.855. The fraction of sp³-hybridized carbons (Fsp3) is 0.500. The summed E-state index contributed by atoms with van der Waals surface area (Å²) in [4.78, 5) is 25.3. The number of anilines is 1. The van der Waals surface area contributed by atoms with Crippen LogP contribution < -0.4 is 10.6 Å². The zero-order chi connectivity index (χ0) is 19.0. The molecule has 0 bridgehead atoms. The van der Waals surface area contributed by atoms with E-state index in [-0.39, 0.29) is 11.9 Å². The molecule has 2 N–H and O–H groups in total. The van der Waals surface area contributed by atoms with E-state index >= 15 is 0 Å². The lowest BCUT2D eigenvalue weighted by molar-refractivity contribution is 0.0523. The molecule has 0 saturated heterocycles. The first-order chi connectivity index (χ1) is 11.6. The van der Waals surface area contributed by atoms with Gasteiger partial charge in [-0.05, 0) is 45.4 Å². The van der Waals surface area contributed by atoms with Gasteiger partial charge in [-0.15, -0.1) is 0 Å². The van der Waals surface area contributed by atoms with Crippen LogP contribution in [0.2, 0.25) is 0 Å². The van der Waals surface area contributed by atoms with Gasteiger partial charge in [0.05, 0.1) is 12.0 Å². The summed E-state index contributed by atoms with van der Waals surface area (Å²) in [7, 11) is 1.64. The van der Waals surface area contributed by atoms with Gasteiger partial charge < -0.3 is 20.3 Å². The molecule has 1 rings (SSSR count). The minimum Gasteiger partial charge on any atom is -0.444 e. The highest BCUT2D eigenvalue weighted by molar-refractivity contribution is 5.89. The average molecular weight is 346 g/mol. The zero-order valence-electron chi connectivity index (χ0n) is 15.4. The van der Waals surface area contributed by atoms with Gasteiger partial charge in [0, 0.05) is 25.8 Å². The van der Waals surface area contributed by atoms with Crippen LogP contribution in [-0.4, -0.2) is 36.2 Å². The van der Waals surface area contributed by atoms with E-state index in [1.807, 2.05) is 6.07 Å². The summed E-state index contributed by atoms with van der Waals surface area (Å²) in [5.74, 6) is -0.236. The van der Waals surface area contributed by atoms with E-state index in [0.29, 0.717) is 18.8 Å². The van der Waals surface area contributed by atoms with Gasteiger partial charge in [-0.3, -0.25) is 0 Å². The molecule has 0 spiro atoms. The highest BCUT2D eigenvalue weighted by Gasteiger charge is 2.16. The number of carbonyl (C=O) groups excluding carboxylic acids is 2. The Labute approximate surface area is 148 Å². The molecule has 3 amide bonds. The zero-order valence-corrected chi connectivity index (χ0v) is 15.4. The molecule has 0 unspecified atom stereocenters. The molecule has 0 aromatic heterocycles. The molecule has 0 aliphatic heterocycles. The molecule has 1 atom stereocenters. The Balaban J connectivity index is 2.59. The molecule has 0 fully saturated rings. The number of alkyl carbamates (subject to hydrolysis) is 1. The molecule has 7 heteroatoms. The number of carbonyl (C=O) groups is 2. The topological polar surface area (TPSA) is 94.5 Å². The maximum absolute atomic E-state index is 12.1. The van der Waals surface area contributed by atoms with Crippen molar-refractivity contribution in [2.75, 3.05) is 18.9 Å². The van der Waals surface area contributed by atoms with Crippen LogP contribution in [0.3, 0.4) is 0 Å². The number of hydrogen-bond donors (Lipinski definition) is 2. The summed E-state index contributed by atoms with van der Waals surface area (Å²) < 4.78 is 5.18. The van der Waals surface area contributed by atoms with E-state index in [0.717, 1.165) is 5.56 Å². The number of nitrogens with one attached hydrogen (secondary N) is 2. The highest BCUT2D eigenvalue weighted by Crippen LogP contribution is 2.12. The summed E-state index contributed by atoms with van der Waals surface area (Å²) in [5, 5.41) is 14.3. The fourth-order valence-corrected chi connectivity index (χ4v) is 2.00. The van der Waals surface area contributed by atoms with Gasteiger partial charge in [-0.1, -0.05) is 12.1 Å². The Bertz CT molecular complexity index is 646. The molecule has 0 saturated carbocycles. The summed E-state index contributed by atoms with van der Waals surface area (Å²) >= 11 is 0. The average Bonchev–Trinajstić information content (AvgIpc) is 2.51. The summed E-state index contributed by atoms with van der Waals surface area (Å²) in [6.07, 6.45) is -0.493. The number of benzene rings is 1. The van der Waals surface area contributed by atoms with E-state index in [9.17, 15) is 9.59 Å². The second kappa shape index (κ2) is 8.92. The second-order valence-corrected chi connectivity index (χ2v) is 6.90. The maximum Gasteiger partial charge on any atom is 0.407 e. The minimum absolute atomic E-state index is 0.236. The van der Waals surface area contributed by atoms with Gasteiger partial charge in [0.15, 0.2) is 0 Å². The third-order valence-electron chi connectivity index (χ3n) is 3.13. The van der Waals surface area contributed by atoms with Gasteiger partial charge in [0.1, 0.15) is 5.60 Å². The molecule has 7 nitrogen and oxygen atoms in total.